The average Bonchev–Trinajstić information content (AvgIpc) is 2.32. The van der Waals surface area contributed by atoms with Crippen molar-refractivity contribution in [3.63, 3.8) is 0 Å². The number of carbonyl (C=O) groups is 4. The zero-order valence-electron chi connectivity index (χ0n) is 10.7. The first-order valence-electron chi connectivity index (χ1n) is 5.94. The molecule has 1 saturated heterocycles. The Labute approximate surface area is 110 Å². The molecular weight excluding hydrogens is 254 g/mol. The van der Waals surface area contributed by atoms with Crippen LogP contribution < -0.4 is 5.32 Å². The van der Waals surface area contributed by atoms with Gasteiger partial charge in [-0.15, -0.1) is 0 Å². The van der Waals surface area contributed by atoms with Crippen LogP contribution >= 0.6 is 0 Å². The second-order valence-electron chi connectivity index (χ2n) is 4.34. The quantitative estimate of drug-likeness (QED) is 0.699. The minimum absolute atomic E-state index is 0.0280. The molecule has 1 rings (SSSR count). The van der Waals surface area contributed by atoms with Crippen molar-refractivity contribution in [3.8, 4) is 0 Å². The number of imide groups is 1. The molecular formula is C11H17N3O5. The Morgan fingerprint density at radius 1 is 1.26 bits per heavy atom. The largest absolute Gasteiger partial charge is 0.481 e. The van der Waals surface area contributed by atoms with Crippen molar-refractivity contribution < 1.29 is 24.3 Å². The van der Waals surface area contributed by atoms with Crippen molar-refractivity contribution in [1.29, 1.82) is 0 Å². The van der Waals surface area contributed by atoms with Gasteiger partial charge in [-0.2, -0.15) is 0 Å². The maximum atomic E-state index is 11.7. The molecule has 19 heavy (non-hydrogen) atoms. The fourth-order valence-electron chi connectivity index (χ4n) is 1.59. The third-order valence-electron chi connectivity index (χ3n) is 2.79. The summed E-state index contributed by atoms with van der Waals surface area (Å²) in [6, 6.07) is -0.609. The molecule has 0 saturated carbocycles. The molecule has 4 amide bonds. The number of carboxylic acids is 1. The van der Waals surface area contributed by atoms with Crippen molar-refractivity contribution in [2.24, 2.45) is 0 Å². The Morgan fingerprint density at radius 2 is 1.95 bits per heavy atom. The van der Waals surface area contributed by atoms with E-state index in [9.17, 15) is 19.2 Å². The molecule has 0 bridgehead atoms. The predicted octanol–water partition coefficient (Wildman–Crippen LogP) is -0.748. The summed E-state index contributed by atoms with van der Waals surface area (Å²) in [7, 11) is 1.65. The average molecular weight is 271 g/mol. The second-order valence-corrected chi connectivity index (χ2v) is 4.34. The van der Waals surface area contributed by atoms with Crippen molar-refractivity contribution in [2.45, 2.75) is 19.3 Å². The molecule has 0 spiro atoms. The van der Waals surface area contributed by atoms with Gasteiger partial charge in [0.05, 0.1) is 0 Å². The first-order valence-corrected chi connectivity index (χ1v) is 5.94. The number of carboxylic acid groups (broad SMARTS) is 1. The lowest BCUT2D eigenvalue weighted by Gasteiger charge is -2.31. The lowest BCUT2D eigenvalue weighted by molar-refractivity contribution is -0.137. The second kappa shape index (κ2) is 6.72. The van der Waals surface area contributed by atoms with E-state index in [1.807, 2.05) is 0 Å². The summed E-state index contributed by atoms with van der Waals surface area (Å²) < 4.78 is 0. The van der Waals surface area contributed by atoms with Gasteiger partial charge in [-0.25, -0.2) is 4.79 Å². The van der Waals surface area contributed by atoms with Crippen LogP contribution in [0, 0.1) is 0 Å². The number of piperazine rings is 1. The number of hydrogen-bond acceptors (Lipinski definition) is 4. The predicted molar refractivity (Wildman–Crippen MR) is 64.2 cm³/mol. The number of likely N-dealkylation sites (N-methyl/N-ethyl adjacent to an activating group) is 1. The molecule has 0 aromatic carbocycles. The number of hydrogen-bond donors (Lipinski definition) is 2. The van der Waals surface area contributed by atoms with Crippen molar-refractivity contribution >= 4 is 23.8 Å². The molecule has 1 heterocycles. The van der Waals surface area contributed by atoms with Gasteiger partial charge in [0.25, 0.3) is 0 Å². The van der Waals surface area contributed by atoms with Gasteiger partial charge in [0.1, 0.15) is 6.54 Å². The van der Waals surface area contributed by atoms with E-state index in [2.05, 4.69) is 5.32 Å². The highest BCUT2D eigenvalue weighted by Crippen LogP contribution is 2.02. The van der Waals surface area contributed by atoms with E-state index in [0.717, 1.165) is 0 Å². The normalized spacial score (nSPS) is 15.3. The van der Waals surface area contributed by atoms with Crippen LogP contribution in [0.4, 0.5) is 4.79 Å². The van der Waals surface area contributed by atoms with Gasteiger partial charge in [-0.05, 0) is 6.42 Å². The van der Waals surface area contributed by atoms with Crippen molar-refractivity contribution in [2.75, 3.05) is 26.7 Å². The first-order chi connectivity index (χ1) is 8.90. The summed E-state index contributed by atoms with van der Waals surface area (Å²) in [6.07, 6.45) is 0.0322. The molecule has 0 unspecified atom stereocenters. The highest BCUT2D eigenvalue weighted by Gasteiger charge is 2.25. The highest BCUT2D eigenvalue weighted by atomic mass is 16.4. The SMILES string of the molecule is CN1CCN(C(=O)NC(=O)CCCC(=O)O)CC1=O. The van der Waals surface area contributed by atoms with Gasteiger partial charge < -0.3 is 14.9 Å². The summed E-state index contributed by atoms with van der Waals surface area (Å²) in [5.41, 5.74) is 0. The zero-order valence-corrected chi connectivity index (χ0v) is 10.7. The third-order valence-corrected chi connectivity index (χ3v) is 2.79. The number of nitrogens with zero attached hydrogens (tertiary/aromatic N) is 2. The summed E-state index contributed by atoms with van der Waals surface area (Å²) in [5.74, 6) is -1.69. The van der Waals surface area contributed by atoms with Gasteiger partial charge in [-0.1, -0.05) is 0 Å². The Bertz CT molecular complexity index is 396. The van der Waals surface area contributed by atoms with Crippen LogP contribution in [-0.4, -0.2) is 65.4 Å². The Kier molecular flexibility index (Phi) is 5.28. The number of nitrogens with one attached hydrogen (secondary N) is 1. The van der Waals surface area contributed by atoms with E-state index < -0.39 is 17.9 Å². The first kappa shape index (κ1) is 14.9. The molecule has 106 valence electrons. The third kappa shape index (κ3) is 4.94. The summed E-state index contributed by atoms with van der Waals surface area (Å²) in [4.78, 5) is 47.5. The number of carbonyl (C=O) groups excluding carboxylic acids is 3. The maximum absolute atomic E-state index is 11.7. The molecule has 8 nitrogen and oxygen atoms in total. The molecule has 1 fully saturated rings. The monoisotopic (exact) mass is 271 g/mol. The van der Waals surface area contributed by atoms with Crippen molar-refractivity contribution in [3.05, 3.63) is 0 Å². The van der Waals surface area contributed by atoms with Gasteiger partial charge in [0, 0.05) is 33.0 Å². The number of amides is 4. The van der Waals surface area contributed by atoms with Crippen LogP contribution in [-0.2, 0) is 14.4 Å². The Morgan fingerprint density at radius 3 is 2.53 bits per heavy atom. The van der Waals surface area contributed by atoms with Gasteiger partial charge in [0.15, 0.2) is 0 Å². The number of aliphatic carboxylic acids is 1. The van der Waals surface area contributed by atoms with Crippen LogP contribution in [0.2, 0.25) is 0 Å². The smallest absolute Gasteiger partial charge is 0.324 e. The molecule has 0 aromatic heterocycles. The van der Waals surface area contributed by atoms with E-state index in [4.69, 9.17) is 5.11 Å². The zero-order chi connectivity index (χ0) is 14.4. The molecule has 0 aliphatic carbocycles. The van der Waals surface area contributed by atoms with Crippen LogP contribution in [0.3, 0.4) is 0 Å². The summed E-state index contributed by atoms with van der Waals surface area (Å²) >= 11 is 0. The van der Waals surface area contributed by atoms with E-state index >= 15 is 0 Å². The van der Waals surface area contributed by atoms with Crippen LogP contribution in [0.5, 0.6) is 0 Å². The fraction of sp³-hybridized carbons (Fsp3) is 0.636. The molecule has 1 aliphatic heterocycles. The lowest BCUT2D eigenvalue weighted by atomic mass is 10.2. The molecule has 8 heteroatoms. The Hall–Kier alpha value is -2.12. The molecule has 2 N–H and O–H groups in total. The fourth-order valence-corrected chi connectivity index (χ4v) is 1.59. The molecule has 0 radical (unpaired) electrons. The van der Waals surface area contributed by atoms with Crippen molar-refractivity contribution in [1.82, 2.24) is 15.1 Å². The van der Waals surface area contributed by atoms with Crippen LogP contribution in [0.15, 0.2) is 0 Å². The molecule has 0 atom stereocenters. The van der Waals surface area contributed by atoms with Crippen LogP contribution in [0.1, 0.15) is 19.3 Å². The highest BCUT2D eigenvalue weighted by molar-refractivity contribution is 5.96. The van der Waals surface area contributed by atoms with E-state index in [0.29, 0.717) is 13.1 Å². The summed E-state index contributed by atoms with van der Waals surface area (Å²) in [5, 5.41) is 10.6. The van der Waals surface area contributed by atoms with E-state index in [-0.39, 0.29) is 31.7 Å². The minimum atomic E-state index is -0.983. The minimum Gasteiger partial charge on any atom is -0.481 e. The molecule has 1 aliphatic rings. The van der Waals surface area contributed by atoms with E-state index in [1.165, 1.54) is 9.80 Å². The number of urea groups is 1. The lowest BCUT2D eigenvalue weighted by Crippen LogP contribution is -2.54. The van der Waals surface area contributed by atoms with E-state index in [1.54, 1.807) is 7.05 Å². The topological polar surface area (TPSA) is 107 Å². The van der Waals surface area contributed by atoms with Gasteiger partial charge in [-0.3, -0.25) is 19.7 Å². The molecule has 0 aromatic rings. The van der Waals surface area contributed by atoms with Gasteiger partial charge in [0.2, 0.25) is 11.8 Å². The Balaban J connectivity index is 2.32. The maximum Gasteiger partial charge on any atom is 0.324 e. The number of rotatable bonds is 4. The van der Waals surface area contributed by atoms with Crippen LogP contribution in [0.25, 0.3) is 0 Å². The standard InChI is InChI=1S/C11H17N3O5/c1-13-5-6-14(7-9(13)16)11(19)12-8(15)3-2-4-10(17)18/h2-7H2,1H3,(H,17,18)(H,12,15,19). The van der Waals surface area contributed by atoms with Gasteiger partial charge >= 0.3 is 12.0 Å². The summed E-state index contributed by atoms with van der Waals surface area (Å²) in [6.45, 7) is 0.751.